The first kappa shape index (κ1) is 16.8. The maximum atomic E-state index is 12.6. The van der Waals surface area contributed by atoms with Gasteiger partial charge in [-0.1, -0.05) is 13.8 Å². The van der Waals surface area contributed by atoms with E-state index in [1.165, 1.54) is 0 Å². The van der Waals surface area contributed by atoms with Crippen LogP contribution in [0.5, 0.6) is 0 Å². The Balaban J connectivity index is 1.78. The van der Waals surface area contributed by atoms with Crippen molar-refractivity contribution >= 4 is 5.91 Å². The molecule has 2 N–H and O–H groups in total. The summed E-state index contributed by atoms with van der Waals surface area (Å²) in [5, 5.41) is 0. The van der Waals surface area contributed by atoms with E-state index in [1.54, 1.807) is 0 Å². The lowest BCUT2D eigenvalue weighted by Crippen LogP contribution is -2.48. The number of nitrogens with zero attached hydrogens (tertiary/aromatic N) is 2. The monoisotopic (exact) mass is 295 g/mol. The Labute approximate surface area is 130 Å². The zero-order valence-corrected chi connectivity index (χ0v) is 13.9. The molecular weight excluding hydrogens is 262 g/mol. The van der Waals surface area contributed by atoms with Gasteiger partial charge in [0.15, 0.2) is 0 Å². The van der Waals surface area contributed by atoms with Crippen molar-refractivity contribution in [1.82, 2.24) is 9.80 Å². The molecule has 0 unspecified atom stereocenters. The fraction of sp³-hybridized carbons (Fsp3) is 0.941. The second-order valence-corrected chi connectivity index (χ2v) is 6.73. The maximum absolute atomic E-state index is 12.6. The Kier molecular flexibility index (Phi) is 6.49. The Morgan fingerprint density at radius 2 is 1.62 bits per heavy atom. The van der Waals surface area contributed by atoms with Crippen molar-refractivity contribution in [1.29, 1.82) is 0 Å². The topological polar surface area (TPSA) is 49.6 Å². The van der Waals surface area contributed by atoms with Crippen LogP contribution in [0, 0.1) is 11.8 Å². The zero-order chi connectivity index (χ0) is 15.2. The molecule has 0 spiro atoms. The predicted octanol–water partition coefficient (Wildman–Crippen LogP) is 2.08. The third-order valence-corrected chi connectivity index (χ3v) is 5.63. The molecule has 2 fully saturated rings. The van der Waals surface area contributed by atoms with E-state index in [9.17, 15) is 4.79 Å². The number of likely N-dealkylation sites (tertiary alicyclic amines) is 1. The Hall–Kier alpha value is -0.610. The molecule has 2 aliphatic rings. The standard InChI is InChI=1S/C17H33N3O/c1-3-19(4-2)16-9-11-20(12-10-16)17(21)15-7-5-14(13-18)6-8-15/h14-16H,3-13,18H2,1-2H3. The largest absolute Gasteiger partial charge is 0.342 e. The number of carbonyl (C=O) groups is 1. The van der Waals surface area contributed by atoms with Crippen LogP contribution in [0.25, 0.3) is 0 Å². The summed E-state index contributed by atoms with van der Waals surface area (Å²) in [4.78, 5) is 17.3. The number of nitrogens with two attached hydrogens (primary N) is 1. The minimum atomic E-state index is 0.276. The summed E-state index contributed by atoms with van der Waals surface area (Å²) in [7, 11) is 0. The Bertz CT molecular complexity index is 314. The summed E-state index contributed by atoms with van der Waals surface area (Å²) in [5.74, 6) is 1.35. The van der Waals surface area contributed by atoms with Crippen LogP contribution in [0.3, 0.4) is 0 Å². The van der Waals surface area contributed by atoms with Gasteiger partial charge in [-0.05, 0) is 64.1 Å². The van der Waals surface area contributed by atoms with Crippen molar-refractivity contribution in [2.75, 3.05) is 32.7 Å². The van der Waals surface area contributed by atoms with Gasteiger partial charge in [-0.3, -0.25) is 4.79 Å². The van der Waals surface area contributed by atoms with Crippen molar-refractivity contribution in [2.24, 2.45) is 17.6 Å². The molecule has 0 aromatic heterocycles. The minimum absolute atomic E-state index is 0.276. The lowest BCUT2D eigenvalue weighted by Gasteiger charge is -2.39. The minimum Gasteiger partial charge on any atom is -0.342 e. The highest BCUT2D eigenvalue weighted by molar-refractivity contribution is 5.79. The van der Waals surface area contributed by atoms with E-state index in [2.05, 4.69) is 23.6 Å². The molecule has 0 radical (unpaired) electrons. The number of hydrogen-bond donors (Lipinski definition) is 1. The molecule has 0 atom stereocenters. The molecular formula is C17H33N3O. The van der Waals surface area contributed by atoms with Crippen molar-refractivity contribution < 1.29 is 4.79 Å². The lowest BCUT2D eigenvalue weighted by molar-refractivity contribution is -0.138. The fourth-order valence-corrected chi connectivity index (χ4v) is 4.09. The summed E-state index contributed by atoms with van der Waals surface area (Å²) in [6.07, 6.45) is 6.68. The van der Waals surface area contributed by atoms with Gasteiger partial charge in [-0.15, -0.1) is 0 Å². The van der Waals surface area contributed by atoms with Gasteiger partial charge in [0.05, 0.1) is 0 Å². The van der Waals surface area contributed by atoms with E-state index in [1.807, 2.05) is 0 Å². The molecule has 0 bridgehead atoms. The summed E-state index contributed by atoms with van der Waals surface area (Å²) in [5.41, 5.74) is 5.74. The second-order valence-electron chi connectivity index (χ2n) is 6.73. The zero-order valence-electron chi connectivity index (χ0n) is 13.9. The van der Waals surface area contributed by atoms with Gasteiger partial charge in [0.2, 0.25) is 5.91 Å². The highest BCUT2D eigenvalue weighted by Crippen LogP contribution is 2.30. The van der Waals surface area contributed by atoms with Gasteiger partial charge in [0.25, 0.3) is 0 Å². The lowest BCUT2D eigenvalue weighted by atomic mass is 9.81. The Morgan fingerprint density at radius 3 is 2.10 bits per heavy atom. The molecule has 4 nitrogen and oxygen atoms in total. The normalized spacial score (nSPS) is 28.1. The molecule has 1 amide bonds. The third kappa shape index (κ3) is 4.19. The number of amides is 1. The molecule has 122 valence electrons. The van der Waals surface area contributed by atoms with Gasteiger partial charge in [0, 0.05) is 25.0 Å². The van der Waals surface area contributed by atoms with Gasteiger partial charge in [0.1, 0.15) is 0 Å². The highest BCUT2D eigenvalue weighted by atomic mass is 16.2. The van der Waals surface area contributed by atoms with Crippen LogP contribution < -0.4 is 5.73 Å². The Morgan fingerprint density at radius 1 is 1.05 bits per heavy atom. The van der Waals surface area contributed by atoms with Crippen molar-refractivity contribution in [3.05, 3.63) is 0 Å². The fourth-order valence-electron chi connectivity index (χ4n) is 4.09. The van der Waals surface area contributed by atoms with Crippen LogP contribution in [0.15, 0.2) is 0 Å². The van der Waals surface area contributed by atoms with Gasteiger partial charge in [-0.2, -0.15) is 0 Å². The smallest absolute Gasteiger partial charge is 0.225 e. The summed E-state index contributed by atoms with van der Waals surface area (Å²) in [6, 6.07) is 0.678. The molecule has 1 saturated carbocycles. The molecule has 1 heterocycles. The summed E-state index contributed by atoms with van der Waals surface area (Å²) < 4.78 is 0. The second kappa shape index (κ2) is 8.14. The number of hydrogen-bond acceptors (Lipinski definition) is 3. The molecule has 0 aromatic rings. The van der Waals surface area contributed by atoms with E-state index >= 15 is 0 Å². The predicted molar refractivity (Wildman–Crippen MR) is 87.0 cm³/mol. The van der Waals surface area contributed by atoms with E-state index in [0.29, 0.717) is 17.9 Å². The van der Waals surface area contributed by atoms with Crippen molar-refractivity contribution in [3.63, 3.8) is 0 Å². The van der Waals surface area contributed by atoms with Crippen LogP contribution in [-0.4, -0.2) is 54.5 Å². The molecule has 4 heteroatoms. The number of rotatable bonds is 5. The molecule has 21 heavy (non-hydrogen) atoms. The van der Waals surface area contributed by atoms with E-state index in [-0.39, 0.29) is 5.92 Å². The first-order valence-corrected chi connectivity index (χ1v) is 8.92. The van der Waals surface area contributed by atoms with Crippen LogP contribution in [0.2, 0.25) is 0 Å². The van der Waals surface area contributed by atoms with E-state index < -0.39 is 0 Å². The van der Waals surface area contributed by atoms with Gasteiger partial charge in [-0.25, -0.2) is 0 Å². The molecule has 1 aliphatic heterocycles. The van der Waals surface area contributed by atoms with E-state index in [4.69, 9.17) is 5.73 Å². The SMILES string of the molecule is CCN(CC)C1CCN(C(=O)C2CCC(CN)CC2)CC1. The molecule has 1 aliphatic carbocycles. The van der Waals surface area contributed by atoms with Crippen LogP contribution in [0.4, 0.5) is 0 Å². The third-order valence-electron chi connectivity index (χ3n) is 5.63. The van der Waals surface area contributed by atoms with Crippen LogP contribution in [-0.2, 0) is 4.79 Å². The first-order chi connectivity index (χ1) is 10.2. The van der Waals surface area contributed by atoms with Crippen LogP contribution in [0.1, 0.15) is 52.4 Å². The molecule has 0 aromatic carbocycles. The highest BCUT2D eigenvalue weighted by Gasteiger charge is 2.31. The maximum Gasteiger partial charge on any atom is 0.225 e. The van der Waals surface area contributed by atoms with Crippen molar-refractivity contribution in [2.45, 2.75) is 58.4 Å². The summed E-state index contributed by atoms with van der Waals surface area (Å²) in [6.45, 7) is 9.41. The number of carbonyl (C=O) groups excluding carboxylic acids is 1. The van der Waals surface area contributed by atoms with Gasteiger partial charge < -0.3 is 15.5 Å². The van der Waals surface area contributed by atoms with Gasteiger partial charge >= 0.3 is 0 Å². The molecule has 2 rings (SSSR count). The average molecular weight is 295 g/mol. The summed E-state index contributed by atoms with van der Waals surface area (Å²) >= 11 is 0. The average Bonchev–Trinajstić information content (AvgIpc) is 2.56. The quantitative estimate of drug-likeness (QED) is 0.845. The van der Waals surface area contributed by atoms with E-state index in [0.717, 1.165) is 71.2 Å². The number of piperidine rings is 1. The van der Waals surface area contributed by atoms with Crippen LogP contribution >= 0.6 is 0 Å². The molecule has 1 saturated heterocycles. The first-order valence-electron chi connectivity index (χ1n) is 8.92. The van der Waals surface area contributed by atoms with Crippen molar-refractivity contribution in [3.8, 4) is 0 Å².